The second kappa shape index (κ2) is 70.8. The fraction of sp³-hybridized carbons (Fsp3) is 0.646. The molecule has 0 aliphatic heterocycles. The molecule has 0 fully saturated rings. The Labute approximate surface area is 559 Å². The number of esters is 2. The average Bonchev–Trinajstić information content (AvgIpc) is 3.66. The second-order valence-electron chi connectivity index (χ2n) is 25.1. The SMILES string of the molecule is CC/C=C\C/C=C\C/C=C\C/C=C\C/C=C\C/C=C\C/C=C\CCCCCCCCCC(=O)OC(COC(=O)CCCCCCCCCCCCCCCCCCCC/C=C\C/C=C\C/C=C\C/C=C\C/C=C\C/C=C\CC)COC(OCC[N+](C)(C)C)C(=O)O. The minimum Gasteiger partial charge on any atom is -0.477 e. The minimum absolute atomic E-state index is 0.179. The molecular weight excluding hydrogens is 1130 g/mol. The van der Waals surface area contributed by atoms with Crippen LogP contribution in [0.2, 0.25) is 0 Å². The maximum Gasteiger partial charge on any atom is 0.361 e. The fourth-order valence-corrected chi connectivity index (χ4v) is 9.76. The van der Waals surface area contributed by atoms with Gasteiger partial charge >= 0.3 is 17.9 Å². The van der Waals surface area contributed by atoms with E-state index in [1.165, 1.54) is 122 Å². The van der Waals surface area contributed by atoms with E-state index >= 15 is 0 Å². The van der Waals surface area contributed by atoms with Gasteiger partial charge < -0.3 is 28.5 Å². The van der Waals surface area contributed by atoms with Crippen molar-refractivity contribution in [1.82, 2.24) is 0 Å². The topological polar surface area (TPSA) is 108 Å². The molecule has 0 aromatic heterocycles. The molecule has 9 nitrogen and oxygen atoms in total. The van der Waals surface area contributed by atoms with Crippen LogP contribution in [0.3, 0.4) is 0 Å². The van der Waals surface area contributed by atoms with Gasteiger partial charge in [0.05, 0.1) is 34.4 Å². The molecule has 0 heterocycles. The van der Waals surface area contributed by atoms with E-state index in [-0.39, 0.29) is 32.2 Å². The Balaban J connectivity index is 4.12. The lowest BCUT2D eigenvalue weighted by molar-refractivity contribution is -0.870. The Morgan fingerprint density at radius 2 is 0.593 bits per heavy atom. The average molecular weight is 1260 g/mol. The summed E-state index contributed by atoms with van der Waals surface area (Å²) < 4.78 is 23.0. The summed E-state index contributed by atoms with van der Waals surface area (Å²) in [6, 6.07) is 0. The van der Waals surface area contributed by atoms with Crippen LogP contribution in [-0.2, 0) is 33.3 Å². The van der Waals surface area contributed by atoms with Gasteiger partial charge in [0.2, 0.25) is 0 Å². The van der Waals surface area contributed by atoms with Gasteiger partial charge in [0.1, 0.15) is 13.2 Å². The molecule has 0 spiro atoms. The van der Waals surface area contributed by atoms with E-state index < -0.39 is 24.3 Å². The first-order valence-corrected chi connectivity index (χ1v) is 36.6. The third-order valence-corrected chi connectivity index (χ3v) is 15.3. The standard InChI is InChI=1S/C82H135NO8/c1-6-8-10-12-14-16-18-20-22-24-26-28-30-32-34-36-37-38-39-40-41-42-43-45-46-48-50-52-54-56-58-60-62-64-66-68-70-72-79(84)89-76-78(77-90-82(81(86)87)88-75-74-83(3,4)5)91-80(85)73-71-69-67-65-63-61-59-57-55-53-51-49-47-44-35-33-31-29-27-25-23-21-19-17-15-13-11-9-7-2/h8-11,14-17,20-23,26-29,32-35,37-38,47,49,53,55,78,82H,6-7,12-13,18-19,24-25,30-31,36,39-46,48,50-52,54,56-77H2,1-5H3/p+1/b10-8-,11-9-,16-14-,17-15-,22-20-,23-21-,28-26-,29-27-,34-32-,35-33-,38-37-,49-47-,55-53-. The molecular formula is C82H136NO8+. The van der Waals surface area contributed by atoms with Gasteiger partial charge in [0, 0.05) is 12.8 Å². The fourth-order valence-electron chi connectivity index (χ4n) is 9.76. The highest BCUT2D eigenvalue weighted by Crippen LogP contribution is 2.17. The molecule has 0 saturated heterocycles. The van der Waals surface area contributed by atoms with Crippen LogP contribution in [0.5, 0.6) is 0 Å². The molecule has 0 aliphatic carbocycles. The van der Waals surface area contributed by atoms with Gasteiger partial charge in [0.15, 0.2) is 6.10 Å². The van der Waals surface area contributed by atoms with Crippen LogP contribution in [0.4, 0.5) is 0 Å². The van der Waals surface area contributed by atoms with Crippen molar-refractivity contribution in [2.24, 2.45) is 0 Å². The van der Waals surface area contributed by atoms with Crippen molar-refractivity contribution < 1.29 is 42.9 Å². The molecule has 0 bridgehead atoms. The van der Waals surface area contributed by atoms with Crippen molar-refractivity contribution in [3.63, 3.8) is 0 Å². The number of hydrogen-bond donors (Lipinski definition) is 1. The van der Waals surface area contributed by atoms with Gasteiger partial charge in [-0.1, -0.05) is 307 Å². The van der Waals surface area contributed by atoms with Crippen molar-refractivity contribution in [1.29, 1.82) is 0 Å². The number of ether oxygens (including phenoxy) is 4. The molecule has 9 heteroatoms. The number of allylic oxidation sites excluding steroid dienone is 26. The molecule has 0 aromatic rings. The number of rotatable bonds is 66. The largest absolute Gasteiger partial charge is 0.477 e. The van der Waals surface area contributed by atoms with E-state index in [9.17, 15) is 19.5 Å². The number of carbonyl (C=O) groups is 3. The second-order valence-corrected chi connectivity index (χ2v) is 25.1. The van der Waals surface area contributed by atoms with Gasteiger partial charge in [-0.3, -0.25) is 9.59 Å². The zero-order valence-corrected chi connectivity index (χ0v) is 58.9. The maximum atomic E-state index is 13.0. The Morgan fingerprint density at radius 1 is 0.330 bits per heavy atom. The quantitative estimate of drug-likeness (QED) is 0.0211. The van der Waals surface area contributed by atoms with Crippen LogP contribution in [-0.4, -0.2) is 87.4 Å². The number of carboxylic acid groups (broad SMARTS) is 1. The van der Waals surface area contributed by atoms with Crippen LogP contribution in [0.1, 0.15) is 284 Å². The number of carbonyl (C=O) groups excluding carboxylic acids is 2. The predicted octanol–water partition coefficient (Wildman–Crippen LogP) is 23.2. The van der Waals surface area contributed by atoms with Crippen molar-refractivity contribution in [2.75, 3.05) is 47.5 Å². The summed E-state index contributed by atoms with van der Waals surface area (Å²) in [7, 11) is 5.97. The molecule has 1 N–H and O–H groups in total. The monoisotopic (exact) mass is 1260 g/mol. The van der Waals surface area contributed by atoms with E-state index in [4.69, 9.17) is 18.9 Å². The molecule has 0 radical (unpaired) electrons. The maximum absolute atomic E-state index is 13.0. The first-order valence-electron chi connectivity index (χ1n) is 36.6. The summed E-state index contributed by atoms with van der Waals surface area (Å²) in [6.07, 6.45) is 102. The van der Waals surface area contributed by atoms with Crippen LogP contribution in [0.25, 0.3) is 0 Å². The number of carboxylic acids is 1. The normalized spacial score (nSPS) is 13.6. The molecule has 0 amide bonds. The van der Waals surface area contributed by atoms with E-state index in [2.05, 4.69) is 172 Å². The van der Waals surface area contributed by atoms with Gasteiger partial charge in [-0.05, 0) is 122 Å². The lowest BCUT2D eigenvalue weighted by atomic mass is 10.0. The highest BCUT2D eigenvalue weighted by Gasteiger charge is 2.25. The molecule has 0 saturated carbocycles. The van der Waals surface area contributed by atoms with E-state index in [1.807, 2.05) is 21.1 Å². The van der Waals surface area contributed by atoms with Crippen LogP contribution in [0.15, 0.2) is 158 Å². The van der Waals surface area contributed by atoms with Crippen molar-refractivity contribution in [2.45, 2.75) is 296 Å². The molecule has 0 aromatic carbocycles. The molecule has 91 heavy (non-hydrogen) atoms. The summed E-state index contributed by atoms with van der Waals surface area (Å²) in [4.78, 5) is 37.7. The third-order valence-electron chi connectivity index (χ3n) is 15.3. The molecule has 0 rings (SSSR count). The summed E-state index contributed by atoms with van der Waals surface area (Å²) in [6.45, 7) is 4.64. The third kappa shape index (κ3) is 72.2. The Bertz CT molecular complexity index is 2060. The number of nitrogens with zero attached hydrogens (tertiary/aromatic N) is 1. The van der Waals surface area contributed by atoms with E-state index in [0.29, 0.717) is 23.9 Å². The Hall–Kier alpha value is -5.09. The first kappa shape index (κ1) is 85.9. The summed E-state index contributed by atoms with van der Waals surface area (Å²) in [5.74, 6) is -2.02. The predicted molar refractivity (Wildman–Crippen MR) is 391 cm³/mol. The van der Waals surface area contributed by atoms with Crippen molar-refractivity contribution in [3.05, 3.63) is 158 Å². The smallest absolute Gasteiger partial charge is 0.361 e. The highest BCUT2D eigenvalue weighted by molar-refractivity contribution is 5.71. The number of quaternary nitrogens is 1. The molecule has 2 atom stereocenters. The van der Waals surface area contributed by atoms with Gasteiger partial charge in [-0.25, -0.2) is 4.79 Å². The van der Waals surface area contributed by atoms with Gasteiger partial charge in [-0.2, -0.15) is 0 Å². The van der Waals surface area contributed by atoms with Gasteiger partial charge in [0.25, 0.3) is 6.29 Å². The Kier molecular flexibility index (Phi) is 66.8. The number of hydrogen-bond acceptors (Lipinski definition) is 7. The van der Waals surface area contributed by atoms with Crippen molar-refractivity contribution >= 4 is 17.9 Å². The van der Waals surface area contributed by atoms with E-state index in [0.717, 1.165) is 128 Å². The molecule has 516 valence electrons. The van der Waals surface area contributed by atoms with Crippen LogP contribution < -0.4 is 0 Å². The first-order chi connectivity index (χ1) is 44.6. The zero-order valence-electron chi connectivity index (χ0n) is 58.9. The van der Waals surface area contributed by atoms with Crippen LogP contribution in [0, 0.1) is 0 Å². The summed E-state index contributed by atoms with van der Waals surface area (Å²) in [5, 5.41) is 9.76. The van der Waals surface area contributed by atoms with Crippen molar-refractivity contribution in [3.8, 4) is 0 Å². The minimum atomic E-state index is -1.52. The lowest BCUT2D eigenvalue weighted by Gasteiger charge is -2.25. The van der Waals surface area contributed by atoms with E-state index in [1.54, 1.807) is 0 Å². The lowest BCUT2D eigenvalue weighted by Crippen LogP contribution is -2.40. The summed E-state index contributed by atoms with van der Waals surface area (Å²) >= 11 is 0. The zero-order chi connectivity index (χ0) is 66.1. The highest BCUT2D eigenvalue weighted by atomic mass is 16.7. The number of likely N-dealkylation sites (N-methyl/N-ethyl adjacent to an activating group) is 1. The Morgan fingerprint density at radius 3 is 0.879 bits per heavy atom. The molecule has 0 aliphatic rings. The van der Waals surface area contributed by atoms with Gasteiger partial charge in [-0.15, -0.1) is 0 Å². The van der Waals surface area contributed by atoms with Crippen LogP contribution >= 0.6 is 0 Å². The number of unbranched alkanes of at least 4 members (excludes halogenated alkanes) is 25. The summed E-state index contributed by atoms with van der Waals surface area (Å²) in [5.41, 5.74) is 0. The molecule has 2 unspecified atom stereocenters. The number of aliphatic carboxylic acids is 1.